The van der Waals surface area contributed by atoms with E-state index in [1.54, 1.807) is 0 Å². The van der Waals surface area contributed by atoms with Crippen molar-refractivity contribution in [2.45, 2.75) is 39.7 Å². The first-order valence-electron chi connectivity index (χ1n) is 4.85. The van der Waals surface area contributed by atoms with Gasteiger partial charge >= 0.3 is 0 Å². The molecule has 0 heterocycles. The molecule has 13 heavy (non-hydrogen) atoms. The first kappa shape index (κ1) is 9.00. The second kappa shape index (κ2) is 2.27. The highest BCUT2D eigenvalue weighted by Crippen LogP contribution is 2.64. The van der Waals surface area contributed by atoms with Crippen molar-refractivity contribution in [2.75, 3.05) is 0 Å². The molecular weight excluding hydrogens is 166 g/mol. The van der Waals surface area contributed by atoms with Gasteiger partial charge in [-0.05, 0) is 18.3 Å². The summed E-state index contributed by atoms with van der Waals surface area (Å²) >= 11 is 0. The Hall–Kier alpha value is -0.570. The molecule has 2 bridgehead atoms. The zero-order chi connectivity index (χ0) is 9.85. The molecule has 0 aromatic carbocycles. The summed E-state index contributed by atoms with van der Waals surface area (Å²) in [5, 5.41) is 22.1. The van der Waals surface area contributed by atoms with Crippen LogP contribution < -0.4 is 0 Å². The summed E-state index contributed by atoms with van der Waals surface area (Å²) in [6.45, 7) is 6.41. The highest BCUT2D eigenvalue weighted by atomic mass is 16.4. The Bertz CT molecular complexity index is 272. The van der Waals surface area contributed by atoms with E-state index in [4.69, 9.17) is 5.21 Å². The molecular formula is C10H17NO2. The van der Waals surface area contributed by atoms with Crippen LogP contribution in [0.3, 0.4) is 0 Å². The van der Waals surface area contributed by atoms with Gasteiger partial charge in [-0.2, -0.15) is 0 Å². The van der Waals surface area contributed by atoms with Crippen LogP contribution in [0, 0.1) is 16.7 Å². The van der Waals surface area contributed by atoms with Gasteiger partial charge in [0.2, 0.25) is 0 Å². The minimum Gasteiger partial charge on any atom is -0.411 e. The highest BCUT2D eigenvalue weighted by Gasteiger charge is 2.64. The standard InChI is InChI=1S/C10H17NO2/c1-9(2)6-4-5-10(9,3)8(12)7(6)11-13/h6,8,12-13H,4-5H2,1-3H3/t6-,8+,10+/m0/s1. The molecule has 2 fully saturated rings. The molecule has 0 unspecified atom stereocenters. The maximum absolute atomic E-state index is 9.98. The number of aliphatic hydroxyl groups is 1. The van der Waals surface area contributed by atoms with Crippen molar-refractivity contribution in [3.05, 3.63) is 0 Å². The molecule has 0 aromatic heterocycles. The van der Waals surface area contributed by atoms with Crippen LogP contribution in [0.4, 0.5) is 0 Å². The maximum Gasteiger partial charge on any atom is 0.102 e. The first-order chi connectivity index (χ1) is 5.95. The second-order valence-electron chi connectivity index (χ2n) is 5.16. The number of aliphatic hydroxyl groups excluding tert-OH is 1. The predicted octanol–water partition coefficient (Wildman–Crippen LogP) is 1.63. The topological polar surface area (TPSA) is 52.8 Å². The van der Waals surface area contributed by atoms with Crippen LogP contribution in [0.5, 0.6) is 0 Å². The van der Waals surface area contributed by atoms with E-state index >= 15 is 0 Å². The van der Waals surface area contributed by atoms with Gasteiger partial charge in [0, 0.05) is 11.3 Å². The molecule has 0 spiro atoms. The first-order valence-corrected chi connectivity index (χ1v) is 4.85. The van der Waals surface area contributed by atoms with Gasteiger partial charge in [0.1, 0.15) is 6.10 Å². The summed E-state index contributed by atoms with van der Waals surface area (Å²) in [4.78, 5) is 0. The predicted molar refractivity (Wildman–Crippen MR) is 49.8 cm³/mol. The molecule has 3 heteroatoms. The third-order valence-electron chi connectivity index (χ3n) is 4.65. The van der Waals surface area contributed by atoms with Gasteiger partial charge in [0.25, 0.3) is 0 Å². The lowest BCUT2D eigenvalue weighted by Gasteiger charge is -2.35. The van der Waals surface area contributed by atoms with Crippen molar-refractivity contribution in [1.82, 2.24) is 0 Å². The molecule has 2 N–H and O–H groups in total. The lowest BCUT2D eigenvalue weighted by molar-refractivity contribution is 0.0332. The van der Waals surface area contributed by atoms with E-state index in [-0.39, 0.29) is 16.7 Å². The third kappa shape index (κ3) is 0.766. The van der Waals surface area contributed by atoms with Crippen molar-refractivity contribution in [1.29, 1.82) is 0 Å². The zero-order valence-corrected chi connectivity index (χ0v) is 8.41. The Labute approximate surface area is 78.4 Å². The van der Waals surface area contributed by atoms with E-state index in [1.165, 1.54) is 0 Å². The quantitative estimate of drug-likeness (QED) is 0.443. The molecule has 2 aliphatic carbocycles. The molecule has 0 aliphatic heterocycles. The average Bonchev–Trinajstić information content (AvgIpc) is 2.36. The lowest BCUT2D eigenvalue weighted by Crippen LogP contribution is -2.37. The van der Waals surface area contributed by atoms with Crippen LogP contribution in [0.1, 0.15) is 33.6 Å². The van der Waals surface area contributed by atoms with E-state index in [9.17, 15) is 5.11 Å². The Morgan fingerprint density at radius 2 is 2.00 bits per heavy atom. The Kier molecular flexibility index (Phi) is 1.57. The van der Waals surface area contributed by atoms with Crippen molar-refractivity contribution in [2.24, 2.45) is 21.9 Å². The molecule has 2 rings (SSSR count). The lowest BCUT2D eigenvalue weighted by atomic mass is 9.70. The number of hydrogen-bond acceptors (Lipinski definition) is 3. The van der Waals surface area contributed by atoms with Gasteiger partial charge < -0.3 is 10.3 Å². The van der Waals surface area contributed by atoms with E-state index in [2.05, 4.69) is 25.9 Å². The van der Waals surface area contributed by atoms with Crippen LogP contribution in [0.2, 0.25) is 0 Å². The van der Waals surface area contributed by atoms with Crippen LogP contribution in [-0.4, -0.2) is 22.1 Å². The molecule has 0 aromatic rings. The number of hydrogen-bond donors (Lipinski definition) is 2. The monoisotopic (exact) mass is 183 g/mol. The Morgan fingerprint density at radius 1 is 1.38 bits per heavy atom. The molecule has 3 atom stereocenters. The van der Waals surface area contributed by atoms with Crippen molar-refractivity contribution in [3.63, 3.8) is 0 Å². The summed E-state index contributed by atoms with van der Waals surface area (Å²) in [7, 11) is 0. The molecule has 0 radical (unpaired) electrons. The Morgan fingerprint density at radius 3 is 2.31 bits per heavy atom. The van der Waals surface area contributed by atoms with E-state index in [0.717, 1.165) is 12.8 Å². The summed E-state index contributed by atoms with van der Waals surface area (Å²) in [5.74, 6) is 0.262. The minimum atomic E-state index is -0.550. The second-order valence-corrected chi connectivity index (χ2v) is 5.16. The molecule has 3 nitrogen and oxygen atoms in total. The SMILES string of the molecule is CC1(C)[C@H]2CC[C@]1(C)[C@H](O)C2=NO. The zero-order valence-electron chi connectivity index (χ0n) is 8.41. The normalized spacial score (nSPS) is 50.3. The fraction of sp³-hybridized carbons (Fsp3) is 0.900. The van der Waals surface area contributed by atoms with Gasteiger partial charge in [-0.1, -0.05) is 25.9 Å². The van der Waals surface area contributed by atoms with Crippen LogP contribution in [-0.2, 0) is 0 Å². The van der Waals surface area contributed by atoms with Gasteiger partial charge in [-0.3, -0.25) is 0 Å². The van der Waals surface area contributed by atoms with Crippen LogP contribution in [0.25, 0.3) is 0 Å². The van der Waals surface area contributed by atoms with Crippen molar-refractivity contribution in [3.8, 4) is 0 Å². The number of rotatable bonds is 0. The third-order valence-corrected chi connectivity index (χ3v) is 4.65. The van der Waals surface area contributed by atoms with Gasteiger partial charge in [0.05, 0.1) is 5.71 Å². The van der Waals surface area contributed by atoms with Crippen molar-refractivity contribution < 1.29 is 10.3 Å². The molecule has 2 aliphatic rings. The number of nitrogens with zero attached hydrogens (tertiary/aromatic N) is 1. The van der Waals surface area contributed by atoms with E-state index in [0.29, 0.717) is 5.71 Å². The van der Waals surface area contributed by atoms with Crippen LogP contribution in [0.15, 0.2) is 5.16 Å². The summed E-state index contributed by atoms with van der Waals surface area (Å²) in [6.07, 6.45) is 1.52. The van der Waals surface area contributed by atoms with Crippen LogP contribution >= 0.6 is 0 Å². The Balaban J connectivity index is 2.51. The maximum atomic E-state index is 9.98. The smallest absolute Gasteiger partial charge is 0.102 e. The summed E-state index contributed by atoms with van der Waals surface area (Å²) in [5.41, 5.74) is 0.562. The van der Waals surface area contributed by atoms with Crippen molar-refractivity contribution >= 4 is 5.71 Å². The van der Waals surface area contributed by atoms with Gasteiger partial charge in [0.15, 0.2) is 0 Å². The summed E-state index contributed by atoms with van der Waals surface area (Å²) in [6, 6.07) is 0. The summed E-state index contributed by atoms with van der Waals surface area (Å²) < 4.78 is 0. The van der Waals surface area contributed by atoms with E-state index < -0.39 is 6.10 Å². The molecule has 0 amide bonds. The molecule has 74 valence electrons. The highest BCUT2D eigenvalue weighted by molar-refractivity contribution is 5.95. The molecule has 2 saturated carbocycles. The van der Waals surface area contributed by atoms with Gasteiger partial charge in [-0.15, -0.1) is 0 Å². The minimum absolute atomic E-state index is 0.0635. The largest absolute Gasteiger partial charge is 0.411 e. The van der Waals surface area contributed by atoms with E-state index in [1.807, 2.05) is 0 Å². The average molecular weight is 183 g/mol. The number of fused-ring (bicyclic) bond motifs is 2. The van der Waals surface area contributed by atoms with Gasteiger partial charge in [-0.25, -0.2) is 0 Å². The fourth-order valence-corrected chi connectivity index (χ4v) is 3.17. The fourth-order valence-electron chi connectivity index (χ4n) is 3.17. The number of oxime groups is 1. The molecule has 0 saturated heterocycles.